The van der Waals surface area contributed by atoms with Crippen LogP contribution in [0, 0.1) is 0 Å². The van der Waals surface area contributed by atoms with Gasteiger partial charge in [-0.2, -0.15) is 0 Å². The van der Waals surface area contributed by atoms with Gasteiger partial charge in [0.05, 0.1) is 13.7 Å². The number of rotatable bonds is 5. The summed E-state index contributed by atoms with van der Waals surface area (Å²) in [6, 6.07) is 16.2. The molecule has 0 heterocycles. The highest BCUT2D eigenvalue weighted by atomic mass is 79.9. The Hall–Kier alpha value is -1.65. The van der Waals surface area contributed by atoms with Crippen molar-refractivity contribution >= 4 is 21.9 Å². The molecule has 0 amide bonds. The van der Waals surface area contributed by atoms with Crippen molar-refractivity contribution in [3.05, 3.63) is 58.6 Å². The maximum Gasteiger partial charge on any atom is 0.334 e. The van der Waals surface area contributed by atoms with Gasteiger partial charge in [0.2, 0.25) is 0 Å². The van der Waals surface area contributed by atoms with Crippen LogP contribution in [0.5, 0.6) is 0 Å². The zero-order valence-electron chi connectivity index (χ0n) is 12.0. The van der Waals surface area contributed by atoms with E-state index in [-0.39, 0.29) is 5.97 Å². The average Bonchev–Trinajstić information content (AvgIpc) is 2.52. The van der Waals surface area contributed by atoms with Crippen LogP contribution < -0.4 is 0 Å². The number of hydrogen-bond acceptors (Lipinski definition) is 3. The summed E-state index contributed by atoms with van der Waals surface area (Å²) in [6.07, 6.45) is -0.564. The fourth-order valence-electron chi connectivity index (χ4n) is 1.94. The second kappa shape index (κ2) is 7.38. The Morgan fingerprint density at radius 3 is 2.52 bits per heavy atom. The average molecular weight is 349 g/mol. The summed E-state index contributed by atoms with van der Waals surface area (Å²) < 4.78 is 11.2. The van der Waals surface area contributed by atoms with Gasteiger partial charge in [-0.15, -0.1) is 0 Å². The minimum atomic E-state index is -0.564. The molecule has 0 aliphatic heterocycles. The minimum Gasteiger partial charge on any atom is -0.467 e. The lowest BCUT2D eigenvalue weighted by Gasteiger charge is -2.11. The van der Waals surface area contributed by atoms with Crippen LogP contribution in [0.1, 0.15) is 12.5 Å². The Balaban J connectivity index is 2.07. The van der Waals surface area contributed by atoms with Crippen molar-refractivity contribution in [3.63, 3.8) is 0 Å². The third-order valence-corrected chi connectivity index (χ3v) is 3.67. The Morgan fingerprint density at radius 2 is 1.86 bits per heavy atom. The van der Waals surface area contributed by atoms with Crippen molar-refractivity contribution in [3.8, 4) is 11.1 Å². The lowest BCUT2D eigenvalue weighted by molar-refractivity contribution is -0.153. The molecule has 0 aliphatic carbocycles. The molecule has 0 N–H and O–H groups in total. The van der Waals surface area contributed by atoms with Crippen LogP contribution in [-0.4, -0.2) is 19.2 Å². The summed E-state index contributed by atoms with van der Waals surface area (Å²) in [6.45, 7) is 2.06. The SMILES string of the molecule is COC(=O)C(C)OCc1cccc(-c2ccc(Br)cc2)c1. The van der Waals surface area contributed by atoms with E-state index < -0.39 is 6.10 Å². The predicted octanol–water partition coefficient (Wildman–Crippen LogP) is 4.19. The summed E-state index contributed by atoms with van der Waals surface area (Å²) in [7, 11) is 1.36. The molecule has 4 heteroatoms. The van der Waals surface area contributed by atoms with Gasteiger partial charge >= 0.3 is 5.97 Å². The van der Waals surface area contributed by atoms with Gasteiger partial charge in [0, 0.05) is 4.47 Å². The first kappa shape index (κ1) is 15.7. The van der Waals surface area contributed by atoms with Crippen molar-refractivity contribution in [2.45, 2.75) is 19.6 Å². The van der Waals surface area contributed by atoms with Gasteiger partial charge in [-0.05, 0) is 41.8 Å². The van der Waals surface area contributed by atoms with E-state index in [9.17, 15) is 4.79 Å². The highest BCUT2D eigenvalue weighted by Crippen LogP contribution is 2.23. The van der Waals surface area contributed by atoms with E-state index in [0.29, 0.717) is 6.61 Å². The molecule has 0 saturated heterocycles. The maximum atomic E-state index is 11.3. The monoisotopic (exact) mass is 348 g/mol. The number of benzene rings is 2. The zero-order valence-corrected chi connectivity index (χ0v) is 13.6. The van der Waals surface area contributed by atoms with Crippen molar-refractivity contribution < 1.29 is 14.3 Å². The van der Waals surface area contributed by atoms with Crippen LogP contribution in [0.15, 0.2) is 53.0 Å². The summed E-state index contributed by atoms with van der Waals surface area (Å²) in [5.41, 5.74) is 3.28. The highest BCUT2D eigenvalue weighted by Gasteiger charge is 2.13. The smallest absolute Gasteiger partial charge is 0.334 e. The van der Waals surface area contributed by atoms with Gasteiger partial charge in [-0.25, -0.2) is 4.79 Å². The predicted molar refractivity (Wildman–Crippen MR) is 85.8 cm³/mol. The largest absolute Gasteiger partial charge is 0.467 e. The molecule has 2 aromatic carbocycles. The van der Waals surface area contributed by atoms with Crippen molar-refractivity contribution in [1.29, 1.82) is 0 Å². The van der Waals surface area contributed by atoms with Gasteiger partial charge in [-0.3, -0.25) is 0 Å². The standard InChI is InChI=1S/C17H17BrO3/c1-12(17(19)20-2)21-11-13-4-3-5-15(10-13)14-6-8-16(18)9-7-14/h3-10,12H,11H2,1-2H3. The molecule has 0 fully saturated rings. The number of carbonyl (C=O) groups is 1. The first-order valence-electron chi connectivity index (χ1n) is 6.64. The lowest BCUT2D eigenvalue weighted by Crippen LogP contribution is -2.21. The molecule has 0 saturated carbocycles. The fraction of sp³-hybridized carbons (Fsp3) is 0.235. The van der Waals surface area contributed by atoms with Gasteiger partial charge < -0.3 is 9.47 Å². The van der Waals surface area contributed by atoms with Crippen LogP contribution in [0.3, 0.4) is 0 Å². The van der Waals surface area contributed by atoms with Crippen molar-refractivity contribution in [2.75, 3.05) is 7.11 Å². The first-order valence-corrected chi connectivity index (χ1v) is 7.44. The van der Waals surface area contributed by atoms with Crippen LogP contribution in [0.2, 0.25) is 0 Å². The van der Waals surface area contributed by atoms with E-state index in [1.807, 2.05) is 24.3 Å². The number of carbonyl (C=O) groups excluding carboxylic acids is 1. The normalized spacial score (nSPS) is 12.0. The second-order valence-electron chi connectivity index (χ2n) is 4.68. The third kappa shape index (κ3) is 4.41. The summed E-state index contributed by atoms with van der Waals surface area (Å²) >= 11 is 3.43. The zero-order chi connectivity index (χ0) is 15.2. The number of halogens is 1. The van der Waals surface area contributed by atoms with E-state index in [2.05, 4.69) is 44.9 Å². The van der Waals surface area contributed by atoms with Crippen molar-refractivity contribution in [1.82, 2.24) is 0 Å². The molecule has 2 rings (SSSR count). The summed E-state index contributed by atoms with van der Waals surface area (Å²) in [5.74, 6) is -0.362. The van der Waals surface area contributed by atoms with E-state index in [1.54, 1.807) is 6.92 Å². The Bertz CT molecular complexity index is 608. The Morgan fingerprint density at radius 1 is 1.14 bits per heavy atom. The minimum absolute atomic E-state index is 0.362. The van der Waals surface area contributed by atoms with E-state index in [0.717, 1.165) is 21.2 Å². The van der Waals surface area contributed by atoms with Crippen LogP contribution in [-0.2, 0) is 20.9 Å². The van der Waals surface area contributed by atoms with E-state index >= 15 is 0 Å². The molecule has 0 aliphatic rings. The molecule has 0 bridgehead atoms. The molecule has 0 radical (unpaired) electrons. The highest BCUT2D eigenvalue weighted by molar-refractivity contribution is 9.10. The van der Waals surface area contributed by atoms with E-state index in [1.165, 1.54) is 7.11 Å². The Kier molecular flexibility index (Phi) is 5.53. The molecule has 0 spiro atoms. The molecule has 1 atom stereocenters. The number of methoxy groups -OCH3 is 1. The summed E-state index contributed by atoms with van der Waals surface area (Å²) in [4.78, 5) is 11.3. The van der Waals surface area contributed by atoms with Gasteiger partial charge in [0.25, 0.3) is 0 Å². The maximum absolute atomic E-state index is 11.3. The van der Waals surface area contributed by atoms with Gasteiger partial charge in [0.1, 0.15) is 0 Å². The topological polar surface area (TPSA) is 35.5 Å². The van der Waals surface area contributed by atoms with Gasteiger partial charge in [-0.1, -0.05) is 46.3 Å². The third-order valence-electron chi connectivity index (χ3n) is 3.14. The first-order chi connectivity index (χ1) is 10.1. The number of ether oxygens (including phenoxy) is 2. The van der Waals surface area contributed by atoms with Crippen LogP contribution in [0.25, 0.3) is 11.1 Å². The molecular formula is C17H17BrO3. The quantitative estimate of drug-likeness (QED) is 0.759. The van der Waals surface area contributed by atoms with Crippen LogP contribution >= 0.6 is 15.9 Å². The molecule has 1 unspecified atom stereocenters. The number of hydrogen-bond donors (Lipinski definition) is 0. The number of esters is 1. The summed E-state index contributed by atoms with van der Waals surface area (Å²) in [5, 5.41) is 0. The molecule has 0 aromatic heterocycles. The van der Waals surface area contributed by atoms with Gasteiger partial charge in [0.15, 0.2) is 6.10 Å². The molecule has 3 nitrogen and oxygen atoms in total. The lowest BCUT2D eigenvalue weighted by atomic mass is 10.0. The molecule has 21 heavy (non-hydrogen) atoms. The fourth-order valence-corrected chi connectivity index (χ4v) is 2.20. The second-order valence-corrected chi connectivity index (χ2v) is 5.60. The molecular weight excluding hydrogens is 332 g/mol. The van der Waals surface area contributed by atoms with E-state index in [4.69, 9.17) is 4.74 Å². The molecule has 2 aromatic rings. The van der Waals surface area contributed by atoms with Crippen molar-refractivity contribution in [2.24, 2.45) is 0 Å². The molecule has 110 valence electrons. The Labute approximate surface area is 133 Å². The van der Waals surface area contributed by atoms with Crippen LogP contribution in [0.4, 0.5) is 0 Å².